The van der Waals surface area contributed by atoms with E-state index in [0.717, 1.165) is 0 Å². The molecular weight excluding hydrogens is 270 g/mol. The molecule has 0 aromatic heterocycles. The van der Waals surface area contributed by atoms with Gasteiger partial charge in [-0.25, -0.2) is 0 Å². The molecule has 0 spiro atoms. The maximum atomic E-state index is 12.1. The zero-order valence-electron chi connectivity index (χ0n) is 7.95. The van der Waals surface area contributed by atoms with Crippen molar-refractivity contribution in [1.29, 1.82) is 0 Å². The topological polar surface area (TPSA) is 74.2 Å². The number of nitrogens with zero attached hydrogens (tertiary/aromatic N) is 6. The highest BCUT2D eigenvalue weighted by molar-refractivity contribution is 5.91. The second-order valence-corrected chi connectivity index (χ2v) is 2.91. The highest BCUT2D eigenvalue weighted by atomic mass is 19.4. The maximum absolute atomic E-state index is 12.1. The van der Waals surface area contributed by atoms with Crippen molar-refractivity contribution < 1.29 is 26.3 Å². The molecule has 2 aliphatic heterocycles. The molecule has 2 aliphatic rings. The van der Waals surface area contributed by atoms with Gasteiger partial charge in [-0.1, -0.05) is 0 Å². The number of hydrogen-bond acceptors (Lipinski definition) is 6. The lowest BCUT2D eigenvalue weighted by molar-refractivity contribution is -0.0605. The highest BCUT2D eigenvalue weighted by Gasteiger charge is 2.41. The molecule has 0 saturated carbocycles. The SMILES string of the molecule is FC(F)(F)C1=NC(=C2N=NC(C(F)(F)F)=N2)N=N1. The average molecular weight is 270 g/mol. The van der Waals surface area contributed by atoms with Crippen molar-refractivity contribution in [1.82, 2.24) is 0 Å². The van der Waals surface area contributed by atoms with Crippen molar-refractivity contribution in [2.75, 3.05) is 0 Å². The monoisotopic (exact) mass is 270 g/mol. The fraction of sp³-hybridized carbons (Fsp3) is 0.333. The molecule has 2 rings (SSSR count). The molecule has 0 saturated heterocycles. The van der Waals surface area contributed by atoms with Gasteiger partial charge in [-0.05, 0) is 0 Å². The number of hydrogen-bond donors (Lipinski definition) is 0. The predicted molar refractivity (Wildman–Crippen MR) is 43.7 cm³/mol. The van der Waals surface area contributed by atoms with E-state index in [9.17, 15) is 26.3 Å². The van der Waals surface area contributed by atoms with Crippen LogP contribution in [0.4, 0.5) is 26.3 Å². The van der Waals surface area contributed by atoms with Gasteiger partial charge >= 0.3 is 12.4 Å². The number of alkyl halides is 6. The summed E-state index contributed by atoms with van der Waals surface area (Å²) in [5.74, 6) is -4.72. The summed E-state index contributed by atoms with van der Waals surface area (Å²) in [6, 6.07) is 0. The van der Waals surface area contributed by atoms with Crippen LogP contribution in [0.25, 0.3) is 0 Å². The first-order chi connectivity index (χ1) is 8.18. The first-order valence-corrected chi connectivity index (χ1v) is 4.07. The largest absolute Gasteiger partial charge is 0.453 e. The van der Waals surface area contributed by atoms with E-state index < -0.39 is 35.7 Å². The molecule has 0 aromatic carbocycles. The Kier molecular flexibility index (Phi) is 2.52. The molecule has 0 fully saturated rings. The molecular formula is C6F6N6. The number of aliphatic imine (C=N–C) groups is 2. The maximum Gasteiger partial charge on any atom is 0.453 e. The second kappa shape index (κ2) is 3.68. The average Bonchev–Trinajstić information content (AvgIpc) is 2.84. The number of azo groups is 2. The Labute approximate surface area is 93.5 Å². The molecule has 0 N–H and O–H groups in total. The van der Waals surface area contributed by atoms with Gasteiger partial charge in [0.1, 0.15) is 0 Å². The second-order valence-electron chi connectivity index (χ2n) is 2.91. The summed E-state index contributed by atoms with van der Waals surface area (Å²) in [7, 11) is 0. The first-order valence-electron chi connectivity index (χ1n) is 4.07. The van der Waals surface area contributed by atoms with Crippen LogP contribution < -0.4 is 0 Å². The van der Waals surface area contributed by atoms with E-state index in [4.69, 9.17) is 0 Å². The van der Waals surface area contributed by atoms with Crippen LogP contribution in [0.3, 0.4) is 0 Å². The number of rotatable bonds is 0. The van der Waals surface area contributed by atoms with Crippen molar-refractivity contribution in [2.24, 2.45) is 30.4 Å². The Bertz CT molecular complexity index is 484. The molecule has 0 unspecified atom stereocenters. The van der Waals surface area contributed by atoms with E-state index in [0.29, 0.717) is 0 Å². The van der Waals surface area contributed by atoms with Crippen LogP contribution >= 0.6 is 0 Å². The van der Waals surface area contributed by atoms with Crippen LogP contribution in [-0.4, -0.2) is 24.0 Å². The molecule has 0 amide bonds. The molecule has 0 atom stereocenters. The summed E-state index contributed by atoms with van der Waals surface area (Å²) in [4.78, 5) is 5.74. The zero-order valence-corrected chi connectivity index (χ0v) is 7.95. The summed E-state index contributed by atoms with van der Waals surface area (Å²) in [5, 5.41) is 11.2. The highest BCUT2D eigenvalue weighted by Crippen LogP contribution is 2.30. The number of amidine groups is 2. The molecule has 96 valence electrons. The van der Waals surface area contributed by atoms with Crippen molar-refractivity contribution >= 4 is 11.7 Å². The van der Waals surface area contributed by atoms with Crippen LogP contribution in [-0.2, 0) is 0 Å². The van der Waals surface area contributed by atoms with E-state index in [1.165, 1.54) is 0 Å². The Hall–Kier alpha value is -2.14. The smallest absolute Gasteiger partial charge is 0.198 e. The van der Waals surface area contributed by atoms with Gasteiger partial charge in [0.15, 0.2) is 0 Å². The predicted octanol–water partition coefficient (Wildman–Crippen LogP) is 2.97. The molecule has 0 bridgehead atoms. The van der Waals surface area contributed by atoms with Gasteiger partial charge in [-0.15, -0.1) is 20.5 Å². The number of halogens is 6. The van der Waals surface area contributed by atoms with Crippen LogP contribution in [0.2, 0.25) is 0 Å². The van der Waals surface area contributed by atoms with Crippen molar-refractivity contribution in [2.45, 2.75) is 12.4 Å². The van der Waals surface area contributed by atoms with Gasteiger partial charge in [-0.2, -0.15) is 36.3 Å². The quantitative estimate of drug-likeness (QED) is 0.607. The third-order valence-electron chi connectivity index (χ3n) is 1.61. The summed E-state index contributed by atoms with van der Waals surface area (Å²) in [6.45, 7) is 0. The lowest BCUT2D eigenvalue weighted by Crippen LogP contribution is -2.19. The molecule has 12 heteroatoms. The standard InChI is InChI=1S/C6F6N6/c7-5(8,9)3-13-1(15-17-3)2-14-4(18-16-2)6(10,11)12. The van der Waals surface area contributed by atoms with E-state index >= 15 is 0 Å². The zero-order chi connectivity index (χ0) is 13.6. The Balaban J connectivity index is 2.34. The fourth-order valence-corrected chi connectivity index (χ4v) is 0.909. The minimum atomic E-state index is -4.85. The molecule has 0 aromatic rings. The van der Waals surface area contributed by atoms with Gasteiger partial charge in [0.2, 0.25) is 11.6 Å². The van der Waals surface area contributed by atoms with Crippen LogP contribution in [0, 0.1) is 0 Å². The summed E-state index contributed by atoms with van der Waals surface area (Å²) in [5.41, 5.74) is 0. The lowest BCUT2D eigenvalue weighted by atomic mass is 10.5. The van der Waals surface area contributed by atoms with E-state index in [1.54, 1.807) is 0 Å². The first kappa shape index (κ1) is 12.3. The molecule has 0 radical (unpaired) electrons. The summed E-state index contributed by atoms with van der Waals surface area (Å²) >= 11 is 0. The Morgan fingerprint density at radius 1 is 0.556 bits per heavy atom. The fourth-order valence-electron chi connectivity index (χ4n) is 0.909. The summed E-state index contributed by atoms with van der Waals surface area (Å²) < 4.78 is 72.7. The molecule has 6 nitrogen and oxygen atoms in total. The van der Waals surface area contributed by atoms with Gasteiger partial charge < -0.3 is 0 Å². The van der Waals surface area contributed by atoms with E-state index in [2.05, 4.69) is 30.4 Å². The van der Waals surface area contributed by atoms with Gasteiger partial charge in [0.05, 0.1) is 0 Å². The van der Waals surface area contributed by atoms with Crippen LogP contribution in [0.15, 0.2) is 42.1 Å². The Morgan fingerprint density at radius 2 is 0.889 bits per heavy atom. The Morgan fingerprint density at radius 3 is 1.11 bits per heavy atom. The van der Waals surface area contributed by atoms with Gasteiger partial charge in [-0.3, -0.25) is 0 Å². The molecule has 0 aliphatic carbocycles. The normalized spacial score (nSPS) is 23.7. The summed E-state index contributed by atoms with van der Waals surface area (Å²) in [6.07, 6.45) is -9.70. The minimum absolute atomic E-state index is 0.773. The van der Waals surface area contributed by atoms with Crippen LogP contribution in [0.1, 0.15) is 0 Å². The molecule has 2 heterocycles. The van der Waals surface area contributed by atoms with E-state index in [-0.39, 0.29) is 0 Å². The molecule has 18 heavy (non-hydrogen) atoms. The lowest BCUT2D eigenvalue weighted by Gasteiger charge is -1.99. The van der Waals surface area contributed by atoms with Gasteiger partial charge in [0, 0.05) is 0 Å². The van der Waals surface area contributed by atoms with E-state index in [1.807, 2.05) is 0 Å². The third-order valence-corrected chi connectivity index (χ3v) is 1.61. The van der Waals surface area contributed by atoms with Crippen molar-refractivity contribution in [3.8, 4) is 0 Å². The third kappa shape index (κ3) is 2.26. The van der Waals surface area contributed by atoms with Crippen LogP contribution in [0.5, 0.6) is 0 Å². The van der Waals surface area contributed by atoms with Crippen molar-refractivity contribution in [3.63, 3.8) is 0 Å². The van der Waals surface area contributed by atoms with Gasteiger partial charge in [0.25, 0.3) is 11.7 Å². The van der Waals surface area contributed by atoms with Crippen molar-refractivity contribution in [3.05, 3.63) is 11.6 Å². The minimum Gasteiger partial charge on any atom is -0.198 e.